The number of rotatable bonds is 2. The van der Waals surface area contributed by atoms with E-state index in [2.05, 4.69) is 35.6 Å². The van der Waals surface area contributed by atoms with Crippen molar-refractivity contribution >= 4 is 0 Å². The Balaban J connectivity index is 1.92. The van der Waals surface area contributed by atoms with Crippen LogP contribution in [0, 0.1) is 5.92 Å². The van der Waals surface area contributed by atoms with E-state index in [4.69, 9.17) is 0 Å². The number of hydrogen-bond donors (Lipinski definition) is 1. The highest BCUT2D eigenvalue weighted by Gasteiger charge is 2.27. The second kappa shape index (κ2) is 4.58. The van der Waals surface area contributed by atoms with Gasteiger partial charge in [0, 0.05) is 24.0 Å². The van der Waals surface area contributed by atoms with Crippen molar-refractivity contribution in [2.24, 2.45) is 5.92 Å². The molecule has 0 amide bonds. The fraction of sp³-hybridized carbons (Fsp3) is 0.769. The van der Waals surface area contributed by atoms with E-state index in [9.17, 15) is 0 Å². The van der Waals surface area contributed by atoms with Crippen LogP contribution >= 0.6 is 0 Å². The number of piperidine rings is 1. The van der Waals surface area contributed by atoms with Gasteiger partial charge in [-0.2, -0.15) is 0 Å². The minimum absolute atomic E-state index is 0.312. The standard InChI is InChI=1S/C13H23N3/c1-13(2,3)16-6-4-5-11(9-16)7-12-8-14-10-15-12/h8,10-11H,4-7,9H2,1-3H3,(H,14,15)/t11-/m0/s1. The van der Waals surface area contributed by atoms with E-state index >= 15 is 0 Å². The Kier molecular flexibility index (Phi) is 3.33. The summed E-state index contributed by atoms with van der Waals surface area (Å²) in [4.78, 5) is 9.90. The molecule has 3 nitrogen and oxygen atoms in total. The van der Waals surface area contributed by atoms with Crippen molar-refractivity contribution in [1.82, 2.24) is 14.9 Å². The normalized spacial score (nSPS) is 23.6. The van der Waals surface area contributed by atoms with Crippen LogP contribution in [0.2, 0.25) is 0 Å². The highest BCUT2D eigenvalue weighted by Crippen LogP contribution is 2.25. The maximum absolute atomic E-state index is 4.09. The topological polar surface area (TPSA) is 31.9 Å². The van der Waals surface area contributed by atoms with Gasteiger partial charge in [-0.3, -0.25) is 4.90 Å². The fourth-order valence-corrected chi connectivity index (χ4v) is 2.55. The van der Waals surface area contributed by atoms with Crippen molar-refractivity contribution in [2.75, 3.05) is 13.1 Å². The van der Waals surface area contributed by atoms with Gasteiger partial charge in [0.15, 0.2) is 0 Å². The molecule has 1 aliphatic rings. The van der Waals surface area contributed by atoms with E-state index in [0.29, 0.717) is 5.54 Å². The lowest BCUT2D eigenvalue weighted by Crippen LogP contribution is -2.47. The van der Waals surface area contributed by atoms with Crippen LogP contribution in [0.1, 0.15) is 39.3 Å². The van der Waals surface area contributed by atoms with E-state index < -0.39 is 0 Å². The van der Waals surface area contributed by atoms with Crippen LogP contribution in [0.5, 0.6) is 0 Å². The average molecular weight is 221 g/mol. The molecular weight excluding hydrogens is 198 g/mol. The van der Waals surface area contributed by atoms with Gasteiger partial charge in [0.25, 0.3) is 0 Å². The predicted molar refractivity (Wildman–Crippen MR) is 66.3 cm³/mol. The zero-order valence-electron chi connectivity index (χ0n) is 10.7. The van der Waals surface area contributed by atoms with E-state index in [1.165, 1.54) is 31.6 Å². The van der Waals surface area contributed by atoms with Gasteiger partial charge in [-0.05, 0) is 52.5 Å². The molecule has 0 spiro atoms. The summed E-state index contributed by atoms with van der Waals surface area (Å²) in [6.45, 7) is 9.41. The highest BCUT2D eigenvalue weighted by molar-refractivity contribution is 4.97. The summed E-state index contributed by atoms with van der Waals surface area (Å²) in [6.07, 6.45) is 7.56. The first-order valence-corrected chi connectivity index (χ1v) is 6.28. The van der Waals surface area contributed by atoms with Crippen LogP contribution < -0.4 is 0 Å². The number of hydrogen-bond acceptors (Lipinski definition) is 2. The molecule has 1 aromatic heterocycles. The Hall–Kier alpha value is -0.830. The van der Waals surface area contributed by atoms with Gasteiger partial charge in [0.1, 0.15) is 0 Å². The van der Waals surface area contributed by atoms with Crippen molar-refractivity contribution in [3.8, 4) is 0 Å². The summed E-state index contributed by atoms with van der Waals surface area (Å²) in [5, 5.41) is 0. The summed E-state index contributed by atoms with van der Waals surface area (Å²) in [7, 11) is 0. The molecule has 0 aliphatic carbocycles. The van der Waals surface area contributed by atoms with Crippen molar-refractivity contribution in [1.29, 1.82) is 0 Å². The van der Waals surface area contributed by atoms with Gasteiger partial charge in [-0.25, -0.2) is 4.98 Å². The van der Waals surface area contributed by atoms with E-state index in [1.807, 2.05) is 6.20 Å². The number of H-pyrrole nitrogens is 1. The first-order valence-electron chi connectivity index (χ1n) is 6.28. The maximum atomic E-state index is 4.09. The average Bonchev–Trinajstić information content (AvgIpc) is 2.70. The van der Waals surface area contributed by atoms with Gasteiger partial charge in [0.05, 0.1) is 6.33 Å². The number of imidazole rings is 1. The molecule has 2 rings (SSSR count). The third kappa shape index (κ3) is 2.85. The summed E-state index contributed by atoms with van der Waals surface area (Å²) in [5.74, 6) is 0.786. The molecule has 0 saturated carbocycles. The molecule has 2 heterocycles. The van der Waals surface area contributed by atoms with Crippen LogP contribution in [0.15, 0.2) is 12.5 Å². The van der Waals surface area contributed by atoms with Crippen molar-refractivity contribution < 1.29 is 0 Å². The zero-order valence-corrected chi connectivity index (χ0v) is 10.7. The Morgan fingerprint density at radius 3 is 2.94 bits per heavy atom. The summed E-state index contributed by atoms with van der Waals surface area (Å²) in [6, 6.07) is 0. The molecule has 0 radical (unpaired) electrons. The minimum Gasteiger partial charge on any atom is -0.348 e. The molecule has 1 aromatic rings. The second-order valence-corrected chi connectivity index (χ2v) is 5.91. The monoisotopic (exact) mass is 221 g/mol. The Morgan fingerprint density at radius 1 is 1.50 bits per heavy atom. The Bertz CT molecular complexity index is 310. The molecule has 0 unspecified atom stereocenters. The molecule has 90 valence electrons. The fourth-order valence-electron chi connectivity index (χ4n) is 2.55. The number of aromatic amines is 1. The lowest BCUT2D eigenvalue weighted by Gasteiger charge is -2.41. The summed E-state index contributed by atoms with van der Waals surface area (Å²) < 4.78 is 0. The van der Waals surface area contributed by atoms with Crippen LogP contribution in [0.25, 0.3) is 0 Å². The molecule has 1 saturated heterocycles. The Labute approximate surface area is 98.3 Å². The smallest absolute Gasteiger partial charge is 0.0921 e. The molecule has 0 aromatic carbocycles. The van der Waals surface area contributed by atoms with Crippen molar-refractivity contribution in [3.05, 3.63) is 18.2 Å². The first kappa shape index (κ1) is 11.6. The van der Waals surface area contributed by atoms with E-state index in [1.54, 1.807) is 6.33 Å². The van der Waals surface area contributed by atoms with Crippen molar-refractivity contribution in [2.45, 2.75) is 45.6 Å². The van der Waals surface area contributed by atoms with E-state index in [-0.39, 0.29) is 0 Å². The number of aromatic nitrogens is 2. The van der Waals surface area contributed by atoms with Gasteiger partial charge in [-0.15, -0.1) is 0 Å². The van der Waals surface area contributed by atoms with Gasteiger partial charge < -0.3 is 4.98 Å². The van der Waals surface area contributed by atoms with Crippen molar-refractivity contribution in [3.63, 3.8) is 0 Å². The predicted octanol–water partition coefficient (Wildman–Crippen LogP) is 2.46. The third-order valence-corrected chi connectivity index (χ3v) is 3.53. The van der Waals surface area contributed by atoms with Crippen LogP contribution in [-0.2, 0) is 6.42 Å². The number of nitrogens with zero attached hydrogens (tertiary/aromatic N) is 2. The zero-order chi connectivity index (χ0) is 11.6. The largest absolute Gasteiger partial charge is 0.348 e. The SMILES string of the molecule is CC(C)(C)N1CCC[C@@H](Cc2cnc[nH]2)C1. The minimum atomic E-state index is 0.312. The third-order valence-electron chi connectivity index (χ3n) is 3.53. The van der Waals surface area contributed by atoms with Crippen LogP contribution in [0.3, 0.4) is 0 Å². The first-order chi connectivity index (χ1) is 7.55. The molecule has 1 fully saturated rings. The van der Waals surface area contributed by atoms with Crippen LogP contribution in [0.4, 0.5) is 0 Å². The molecule has 1 aliphatic heterocycles. The highest BCUT2D eigenvalue weighted by atomic mass is 15.2. The second-order valence-electron chi connectivity index (χ2n) is 5.91. The Morgan fingerprint density at radius 2 is 2.31 bits per heavy atom. The quantitative estimate of drug-likeness (QED) is 0.832. The lowest BCUT2D eigenvalue weighted by molar-refractivity contribution is 0.0788. The number of nitrogens with one attached hydrogen (secondary N) is 1. The van der Waals surface area contributed by atoms with Gasteiger partial charge in [-0.1, -0.05) is 0 Å². The van der Waals surface area contributed by atoms with E-state index in [0.717, 1.165) is 12.3 Å². The summed E-state index contributed by atoms with van der Waals surface area (Å²) >= 11 is 0. The molecule has 1 N–H and O–H groups in total. The molecular formula is C13H23N3. The van der Waals surface area contributed by atoms with Gasteiger partial charge in [0.2, 0.25) is 0 Å². The molecule has 0 bridgehead atoms. The molecule has 16 heavy (non-hydrogen) atoms. The van der Waals surface area contributed by atoms with Gasteiger partial charge >= 0.3 is 0 Å². The summed E-state index contributed by atoms with van der Waals surface area (Å²) in [5.41, 5.74) is 1.59. The van der Waals surface area contributed by atoms with Crippen LogP contribution in [-0.4, -0.2) is 33.5 Å². The lowest BCUT2D eigenvalue weighted by atomic mass is 9.90. The molecule has 3 heteroatoms. The molecule has 1 atom stereocenters. The number of likely N-dealkylation sites (tertiary alicyclic amines) is 1. The maximum Gasteiger partial charge on any atom is 0.0921 e.